The fraction of sp³-hybridized carbons (Fsp3) is 0.333. The number of hydrogen-bond donors (Lipinski definition) is 2. The number of nitrogens with zero attached hydrogens (tertiary/aromatic N) is 1. The second-order valence-corrected chi connectivity index (χ2v) is 5.70. The summed E-state index contributed by atoms with van der Waals surface area (Å²) in [6.07, 6.45) is 4.09. The van der Waals surface area contributed by atoms with E-state index in [1.54, 1.807) is 12.1 Å². The highest BCUT2D eigenvalue weighted by Crippen LogP contribution is 2.30. The van der Waals surface area contributed by atoms with Crippen molar-refractivity contribution in [2.75, 3.05) is 24.3 Å². The molecule has 0 saturated heterocycles. The van der Waals surface area contributed by atoms with Crippen LogP contribution in [0.25, 0.3) is 0 Å². The molecule has 0 fully saturated rings. The first-order chi connectivity index (χ1) is 11.2. The molecule has 120 valence electrons. The minimum absolute atomic E-state index is 0.0874. The van der Waals surface area contributed by atoms with E-state index in [1.807, 2.05) is 18.3 Å². The Morgan fingerprint density at radius 3 is 2.83 bits per heavy atom. The maximum absolute atomic E-state index is 11.5. The van der Waals surface area contributed by atoms with Gasteiger partial charge in [0, 0.05) is 12.7 Å². The van der Waals surface area contributed by atoms with Crippen LogP contribution in [0.15, 0.2) is 36.5 Å². The number of hydrogen-bond acceptors (Lipinski definition) is 5. The van der Waals surface area contributed by atoms with Crippen molar-refractivity contribution in [3.63, 3.8) is 0 Å². The minimum atomic E-state index is -0.319. The third kappa shape index (κ3) is 3.28. The van der Waals surface area contributed by atoms with Gasteiger partial charge < -0.3 is 15.4 Å². The minimum Gasteiger partial charge on any atom is -0.465 e. The lowest BCUT2D eigenvalue weighted by Gasteiger charge is -2.23. The lowest BCUT2D eigenvalue weighted by molar-refractivity contribution is 0.0600. The summed E-state index contributed by atoms with van der Waals surface area (Å²) in [5, 5.41) is 6.89. The Labute approximate surface area is 136 Å². The number of benzene rings is 1. The third-order valence-corrected chi connectivity index (χ3v) is 4.15. The molecule has 1 unspecified atom stereocenters. The summed E-state index contributed by atoms with van der Waals surface area (Å²) in [5.41, 5.74) is 4.06. The highest BCUT2D eigenvalue weighted by Gasteiger charge is 2.16. The van der Waals surface area contributed by atoms with Gasteiger partial charge in [-0.3, -0.25) is 0 Å². The van der Waals surface area contributed by atoms with Gasteiger partial charge in [-0.1, -0.05) is 12.1 Å². The van der Waals surface area contributed by atoms with E-state index < -0.39 is 0 Å². The topological polar surface area (TPSA) is 63.2 Å². The fourth-order valence-corrected chi connectivity index (χ4v) is 2.82. The summed E-state index contributed by atoms with van der Waals surface area (Å²) < 4.78 is 4.72. The van der Waals surface area contributed by atoms with Gasteiger partial charge in [0.15, 0.2) is 0 Å². The Morgan fingerprint density at radius 1 is 1.30 bits per heavy atom. The van der Waals surface area contributed by atoms with Crippen LogP contribution in [0.3, 0.4) is 0 Å². The molecule has 1 aliphatic rings. The zero-order chi connectivity index (χ0) is 16.2. The van der Waals surface area contributed by atoms with E-state index in [4.69, 9.17) is 4.74 Å². The van der Waals surface area contributed by atoms with Crippen molar-refractivity contribution in [1.29, 1.82) is 0 Å². The monoisotopic (exact) mass is 311 g/mol. The Morgan fingerprint density at radius 2 is 2.09 bits per heavy atom. The molecule has 2 N–H and O–H groups in total. The normalized spacial score (nSPS) is 14.3. The van der Waals surface area contributed by atoms with E-state index in [0.717, 1.165) is 36.5 Å². The lowest BCUT2D eigenvalue weighted by Crippen LogP contribution is -2.16. The summed E-state index contributed by atoms with van der Waals surface area (Å²) in [4.78, 5) is 16.0. The Hall–Kier alpha value is -2.56. The van der Waals surface area contributed by atoms with Crippen molar-refractivity contribution in [3.8, 4) is 0 Å². The molecule has 3 rings (SSSR count). The number of aryl methyl sites for hydroxylation is 1. The van der Waals surface area contributed by atoms with E-state index in [0.29, 0.717) is 5.56 Å². The summed E-state index contributed by atoms with van der Waals surface area (Å²) >= 11 is 0. The molecule has 1 aromatic carbocycles. The SMILES string of the molecule is COC(=O)c1ccc(C(C)Nc2nccc3c2NCCC3)cc1. The largest absolute Gasteiger partial charge is 0.465 e. The Kier molecular flexibility index (Phi) is 4.46. The van der Waals surface area contributed by atoms with Crippen LogP contribution >= 0.6 is 0 Å². The number of ether oxygens (including phenoxy) is 1. The molecule has 0 saturated carbocycles. The predicted octanol–water partition coefficient (Wildman–Crippen LogP) is 3.40. The first kappa shape index (κ1) is 15.3. The van der Waals surface area contributed by atoms with Gasteiger partial charge >= 0.3 is 5.97 Å². The highest BCUT2D eigenvalue weighted by atomic mass is 16.5. The number of pyridine rings is 1. The van der Waals surface area contributed by atoms with E-state index >= 15 is 0 Å². The van der Waals surface area contributed by atoms with Crippen molar-refractivity contribution in [1.82, 2.24) is 4.98 Å². The zero-order valence-electron chi connectivity index (χ0n) is 13.4. The van der Waals surface area contributed by atoms with E-state index in [9.17, 15) is 4.79 Å². The molecule has 0 spiro atoms. The van der Waals surface area contributed by atoms with E-state index in [-0.39, 0.29) is 12.0 Å². The average Bonchev–Trinajstić information content (AvgIpc) is 2.61. The number of anilines is 2. The van der Waals surface area contributed by atoms with Crippen LogP contribution < -0.4 is 10.6 Å². The number of aromatic nitrogens is 1. The molecule has 1 aromatic heterocycles. The molecule has 2 heterocycles. The number of rotatable bonds is 4. The Bertz CT molecular complexity index is 698. The van der Waals surface area contributed by atoms with Crippen LogP contribution in [0.5, 0.6) is 0 Å². The lowest BCUT2D eigenvalue weighted by atomic mass is 10.0. The molecule has 1 aliphatic heterocycles. The van der Waals surface area contributed by atoms with Crippen LogP contribution in [-0.4, -0.2) is 24.6 Å². The maximum Gasteiger partial charge on any atom is 0.337 e. The second-order valence-electron chi connectivity index (χ2n) is 5.70. The van der Waals surface area contributed by atoms with Crippen molar-refractivity contribution < 1.29 is 9.53 Å². The number of fused-ring (bicyclic) bond motifs is 1. The molecular weight excluding hydrogens is 290 g/mol. The summed E-state index contributed by atoms with van der Waals surface area (Å²) in [6.45, 7) is 3.06. The van der Waals surface area contributed by atoms with Crippen molar-refractivity contribution in [2.45, 2.75) is 25.8 Å². The van der Waals surface area contributed by atoms with Crippen LogP contribution in [0.1, 0.15) is 40.9 Å². The highest BCUT2D eigenvalue weighted by molar-refractivity contribution is 5.89. The summed E-state index contributed by atoms with van der Waals surface area (Å²) in [5.74, 6) is 0.562. The fourth-order valence-electron chi connectivity index (χ4n) is 2.82. The predicted molar refractivity (Wildman–Crippen MR) is 90.9 cm³/mol. The Balaban J connectivity index is 1.77. The van der Waals surface area contributed by atoms with Gasteiger partial charge in [-0.2, -0.15) is 0 Å². The van der Waals surface area contributed by atoms with E-state index in [2.05, 4.69) is 28.6 Å². The first-order valence-electron chi connectivity index (χ1n) is 7.85. The molecule has 5 nitrogen and oxygen atoms in total. The first-order valence-corrected chi connectivity index (χ1v) is 7.85. The van der Waals surface area contributed by atoms with Gasteiger partial charge in [-0.05, 0) is 49.1 Å². The van der Waals surface area contributed by atoms with Gasteiger partial charge in [-0.15, -0.1) is 0 Å². The van der Waals surface area contributed by atoms with Crippen molar-refractivity contribution in [2.24, 2.45) is 0 Å². The molecule has 0 bridgehead atoms. The molecule has 23 heavy (non-hydrogen) atoms. The smallest absolute Gasteiger partial charge is 0.337 e. The van der Waals surface area contributed by atoms with E-state index in [1.165, 1.54) is 12.7 Å². The molecule has 0 aliphatic carbocycles. The average molecular weight is 311 g/mol. The number of esters is 1. The molecule has 1 atom stereocenters. The summed E-state index contributed by atoms with van der Waals surface area (Å²) in [6, 6.07) is 9.60. The number of methoxy groups -OCH3 is 1. The number of nitrogens with one attached hydrogen (secondary N) is 2. The molecule has 2 aromatic rings. The van der Waals surface area contributed by atoms with Crippen LogP contribution in [0.4, 0.5) is 11.5 Å². The van der Waals surface area contributed by atoms with Crippen LogP contribution in [0, 0.1) is 0 Å². The van der Waals surface area contributed by atoms with Gasteiger partial charge in [-0.25, -0.2) is 9.78 Å². The number of carbonyl (C=O) groups is 1. The van der Waals surface area contributed by atoms with Crippen LogP contribution in [0.2, 0.25) is 0 Å². The molecule has 0 radical (unpaired) electrons. The van der Waals surface area contributed by atoms with Gasteiger partial charge in [0.05, 0.1) is 24.4 Å². The molecule has 5 heteroatoms. The van der Waals surface area contributed by atoms with Gasteiger partial charge in [0.2, 0.25) is 0 Å². The maximum atomic E-state index is 11.5. The second kappa shape index (κ2) is 6.69. The van der Waals surface area contributed by atoms with Crippen LogP contribution in [-0.2, 0) is 11.2 Å². The molecule has 0 amide bonds. The molecular formula is C18H21N3O2. The zero-order valence-corrected chi connectivity index (χ0v) is 13.4. The summed E-state index contributed by atoms with van der Waals surface area (Å²) in [7, 11) is 1.39. The van der Waals surface area contributed by atoms with Crippen molar-refractivity contribution >= 4 is 17.5 Å². The number of carbonyl (C=O) groups excluding carboxylic acids is 1. The standard InChI is InChI=1S/C18H21N3O2/c1-12(13-5-7-15(8-6-13)18(22)23-2)21-17-16-14(9-11-20-17)4-3-10-19-16/h5-9,11-12,19H,3-4,10H2,1-2H3,(H,20,21). The van der Waals surface area contributed by atoms with Crippen molar-refractivity contribution in [3.05, 3.63) is 53.2 Å². The third-order valence-electron chi connectivity index (χ3n) is 4.15. The quantitative estimate of drug-likeness (QED) is 0.847. The van der Waals surface area contributed by atoms with Gasteiger partial charge in [0.25, 0.3) is 0 Å². The van der Waals surface area contributed by atoms with Gasteiger partial charge in [0.1, 0.15) is 5.82 Å².